The van der Waals surface area contributed by atoms with Gasteiger partial charge in [0.25, 0.3) is 5.91 Å². The number of carbonyl (C=O) groups is 1. The van der Waals surface area contributed by atoms with Crippen LogP contribution < -0.4 is 4.74 Å². The molecule has 6 heteroatoms. The Morgan fingerprint density at radius 1 is 1.35 bits per heavy atom. The zero-order valence-corrected chi connectivity index (χ0v) is 11.6. The molecule has 0 bridgehead atoms. The van der Waals surface area contributed by atoms with Gasteiger partial charge in [0.2, 0.25) is 5.88 Å². The van der Waals surface area contributed by atoms with Crippen LogP contribution in [0.25, 0.3) is 0 Å². The van der Waals surface area contributed by atoms with Crippen LogP contribution in [0.1, 0.15) is 30.5 Å². The van der Waals surface area contributed by atoms with Crippen LogP contribution in [0.5, 0.6) is 5.88 Å². The second-order valence-electron chi connectivity index (χ2n) is 5.42. The average Bonchev–Trinajstić information content (AvgIpc) is 2.66. The third-order valence-corrected chi connectivity index (χ3v) is 4.26. The van der Waals surface area contributed by atoms with Crippen LogP contribution in [0, 0.1) is 0 Å². The molecule has 0 saturated heterocycles. The average molecular weight is 279 g/mol. The van der Waals surface area contributed by atoms with Crippen LogP contribution in [0.4, 0.5) is 4.39 Å². The van der Waals surface area contributed by atoms with Crippen LogP contribution >= 0.6 is 0 Å². The van der Waals surface area contributed by atoms with Gasteiger partial charge in [0, 0.05) is 25.1 Å². The minimum atomic E-state index is -1.62. The molecule has 108 valence electrons. The number of methoxy groups -OCH3 is 1. The second kappa shape index (κ2) is 5.00. The lowest BCUT2D eigenvalue weighted by Gasteiger charge is -2.36. The van der Waals surface area contributed by atoms with E-state index in [4.69, 9.17) is 4.74 Å². The van der Waals surface area contributed by atoms with E-state index in [1.165, 1.54) is 6.33 Å². The first-order chi connectivity index (χ1) is 9.64. The Balaban J connectivity index is 1.77. The number of rotatable bonds is 2. The van der Waals surface area contributed by atoms with E-state index in [-0.39, 0.29) is 5.91 Å². The minimum Gasteiger partial charge on any atom is -0.481 e. The van der Waals surface area contributed by atoms with Gasteiger partial charge in [-0.25, -0.2) is 14.4 Å². The van der Waals surface area contributed by atoms with E-state index < -0.39 is 5.67 Å². The van der Waals surface area contributed by atoms with Gasteiger partial charge in [0.05, 0.1) is 12.8 Å². The van der Waals surface area contributed by atoms with Crippen molar-refractivity contribution in [3.63, 3.8) is 0 Å². The molecule has 1 aromatic rings. The SMILES string of the molecule is COc1ncnc2c1CCN(C(=O)C1(F)CCC1)CC2. The number of amides is 1. The molecule has 3 rings (SSSR count). The third-order valence-electron chi connectivity index (χ3n) is 4.26. The lowest BCUT2D eigenvalue weighted by atomic mass is 9.81. The summed E-state index contributed by atoms with van der Waals surface area (Å²) in [4.78, 5) is 22.2. The molecule has 1 fully saturated rings. The number of fused-ring (bicyclic) bond motifs is 1. The molecular weight excluding hydrogens is 261 g/mol. The van der Waals surface area contributed by atoms with Crippen LogP contribution in [0.15, 0.2) is 6.33 Å². The largest absolute Gasteiger partial charge is 0.481 e. The quantitative estimate of drug-likeness (QED) is 0.819. The van der Waals surface area contributed by atoms with E-state index in [1.807, 2.05) is 0 Å². The van der Waals surface area contributed by atoms with Crippen molar-refractivity contribution in [1.82, 2.24) is 14.9 Å². The number of alkyl halides is 1. The molecule has 5 nitrogen and oxygen atoms in total. The Morgan fingerprint density at radius 3 is 2.75 bits per heavy atom. The summed E-state index contributed by atoms with van der Waals surface area (Å²) in [6.07, 6.45) is 4.22. The molecule has 1 aliphatic heterocycles. The number of halogens is 1. The lowest BCUT2D eigenvalue weighted by molar-refractivity contribution is -0.149. The summed E-state index contributed by atoms with van der Waals surface area (Å²) < 4.78 is 19.5. The maximum absolute atomic E-state index is 14.2. The molecule has 1 aromatic heterocycles. The van der Waals surface area contributed by atoms with Crippen molar-refractivity contribution in [3.8, 4) is 5.88 Å². The molecule has 0 spiro atoms. The van der Waals surface area contributed by atoms with E-state index in [0.717, 1.165) is 17.7 Å². The van der Waals surface area contributed by atoms with Gasteiger partial charge in [-0.1, -0.05) is 0 Å². The molecule has 0 atom stereocenters. The van der Waals surface area contributed by atoms with Crippen molar-refractivity contribution in [1.29, 1.82) is 0 Å². The Labute approximate surface area is 117 Å². The Bertz CT molecular complexity index is 531. The topological polar surface area (TPSA) is 55.3 Å². The summed E-state index contributed by atoms with van der Waals surface area (Å²) in [6.45, 7) is 1.01. The minimum absolute atomic E-state index is 0.358. The number of carbonyl (C=O) groups excluding carboxylic acids is 1. The molecule has 1 amide bonds. The fourth-order valence-corrected chi connectivity index (χ4v) is 2.86. The smallest absolute Gasteiger partial charge is 0.260 e. The van der Waals surface area contributed by atoms with Gasteiger partial charge in [-0.05, 0) is 25.7 Å². The van der Waals surface area contributed by atoms with Crippen molar-refractivity contribution in [2.24, 2.45) is 0 Å². The molecular formula is C14H18FN3O2. The first-order valence-electron chi connectivity index (χ1n) is 6.99. The van der Waals surface area contributed by atoms with E-state index >= 15 is 0 Å². The predicted molar refractivity (Wildman–Crippen MR) is 70.3 cm³/mol. The van der Waals surface area contributed by atoms with Gasteiger partial charge in [-0.2, -0.15) is 0 Å². The van der Waals surface area contributed by atoms with Crippen molar-refractivity contribution < 1.29 is 13.9 Å². The number of hydrogen-bond donors (Lipinski definition) is 0. The molecule has 0 aromatic carbocycles. The summed E-state index contributed by atoms with van der Waals surface area (Å²) in [5.41, 5.74) is 0.215. The molecule has 0 unspecified atom stereocenters. The van der Waals surface area contributed by atoms with E-state index in [9.17, 15) is 9.18 Å². The standard InChI is InChI=1S/C14H18FN3O2/c1-20-12-10-3-7-18(8-4-11(10)16-9-17-12)13(19)14(15)5-2-6-14/h9H,2-8H2,1H3. The van der Waals surface area contributed by atoms with Gasteiger partial charge in [-0.3, -0.25) is 4.79 Å². The normalized spacial score (nSPS) is 20.6. The van der Waals surface area contributed by atoms with Crippen molar-refractivity contribution >= 4 is 5.91 Å². The van der Waals surface area contributed by atoms with Crippen molar-refractivity contribution in [2.75, 3.05) is 20.2 Å². The Morgan fingerprint density at radius 2 is 2.10 bits per heavy atom. The van der Waals surface area contributed by atoms with E-state index in [0.29, 0.717) is 44.7 Å². The Kier molecular flexibility index (Phi) is 3.31. The summed E-state index contributed by atoms with van der Waals surface area (Å²) >= 11 is 0. The van der Waals surface area contributed by atoms with E-state index in [2.05, 4.69) is 9.97 Å². The monoisotopic (exact) mass is 279 g/mol. The highest BCUT2D eigenvalue weighted by Gasteiger charge is 2.47. The maximum Gasteiger partial charge on any atom is 0.260 e. The number of hydrogen-bond acceptors (Lipinski definition) is 4. The molecule has 2 aliphatic rings. The third kappa shape index (κ3) is 2.13. The van der Waals surface area contributed by atoms with Crippen LogP contribution in [0.3, 0.4) is 0 Å². The highest BCUT2D eigenvalue weighted by Crippen LogP contribution is 2.38. The Hall–Kier alpha value is -1.72. The number of aromatic nitrogens is 2. The summed E-state index contributed by atoms with van der Waals surface area (Å²) in [5, 5.41) is 0. The predicted octanol–water partition coefficient (Wildman–Crippen LogP) is 1.30. The highest BCUT2D eigenvalue weighted by atomic mass is 19.1. The fourth-order valence-electron chi connectivity index (χ4n) is 2.86. The van der Waals surface area contributed by atoms with E-state index in [1.54, 1.807) is 12.0 Å². The van der Waals surface area contributed by atoms with Gasteiger partial charge < -0.3 is 9.64 Å². The van der Waals surface area contributed by atoms with Crippen LogP contribution in [-0.4, -0.2) is 46.6 Å². The number of nitrogens with zero attached hydrogens (tertiary/aromatic N) is 3. The second-order valence-corrected chi connectivity index (χ2v) is 5.42. The van der Waals surface area contributed by atoms with Crippen molar-refractivity contribution in [2.45, 2.75) is 37.8 Å². The molecule has 20 heavy (non-hydrogen) atoms. The van der Waals surface area contributed by atoms with Gasteiger partial charge >= 0.3 is 0 Å². The zero-order valence-electron chi connectivity index (χ0n) is 11.6. The summed E-state index contributed by atoms with van der Waals surface area (Å²) in [6, 6.07) is 0. The number of ether oxygens (including phenoxy) is 1. The zero-order chi connectivity index (χ0) is 14.2. The van der Waals surface area contributed by atoms with Crippen molar-refractivity contribution in [3.05, 3.63) is 17.6 Å². The first-order valence-corrected chi connectivity index (χ1v) is 6.99. The maximum atomic E-state index is 14.2. The molecule has 0 radical (unpaired) electrons. The molecule has 1 saturated carbocycles. The molecule has 0 N–H and O–H groups in total. The molecule has 2 heterocycles. The van der Waals surface area contributed by atoms with Gasteiger partial charge in [0.1, 0.15) is 6.33 Å². The molecule has 1 aliphatic carbocycles. The summed E-state index contributed by atoms with van der Waals surface area (Å²) in [5.74, 6) is 0.200. The first kappa shape index (κ1) is 13.3. The summed E-state index contributed by atoms with van der Waals surface area (Å²) in [7, 11) is 1.57. The van der Waals surface area contributed by atoms with Gasteiger partial charge in [-0.15, -0.1) is 0 Å². The van der Waals surface area contributed by atoms with Gasteiger partial charge in [0.15, 0.2) is 5.67 Å². The lowest BCUT2D eigenvalue weighted by Crippen LogP contribution is -2.51. The van der Waals surface area contributed by atoms with Crippen LogP contribution in [0.2, 0.25) is 0 Å². The van der Waals surface area contributed by atoms with Crippen LogP contribution in [-0.2, 0) is 17.6 Å². The fraction of sp³-hybridized carbons (Fsp3) is 0.643. The highest BCUT2D eigenvalue weighted by molar-refractivity contribution is 5.86.